The summed E-state index contributed by atoms with van der Waals surface area (Å²) in [4.78, 5) is 4.78. The van der Waals surface area contributed by atoms with Crippen LogP contribution in [0.25, 0.3) is 22.1 Å². The van der Waals surface area contributed by atoms with Gasteiger partial charge in [-0.05, 0) is 59.1 Å². The number of para-hydroxylation sites is 1. The molecule has 5 aromatic rings. The molecule has 212 valence electrons. The third-order valence-electron chi connectivity index (χ3n) is 6.65. The van der Waals surface area contributed by atoms with Crippen molar-refractivity contribution in [3.05, 3.63) is 81.3 Å². The molecule has 0 bridgehead atoms. The fourth-order valence-corrected chi connectivity index (χ4v) is 5.43. The molecule has 10 heteroatoms. The minimum Gasteiger partial charge on any atom is -0.490 e. The summed E-state index contributed by atoms with van der Waals surface area (Å²) >= 11 is 9.92. The molecule has 0 radical (unpaired) electrons. The zero-order valence-corrected chi connectivity index (χ0v) is 25.5. The maximum absolute atomic E-state index is 6.30. The third-order valence-corrected chi connectivity index (χ3v) is 7.61. The van der Waals surface area contributed by atoms with E-state index in [-0.39, 0.29) is 0 Å². The normalized spacial score (nSPS) is 11.5. The van der Waals surface area contributed by atoms with Gasteiger partial charge >= 0.3 is 0 Å². The first-order valence-corrected chi connectivity index (χ1v) is 15.0. The summed E-state index contributed by atoms with van der Waals surface area (Å²) in [6.07, 6.45) is 6.37. The number of halogens is 2. The molecule has 0 aliphatic carbocycles. The summed E-state index contributed by atoms with van der Waals surface area (Å²) < 4.78 is 14.9. The number of anilines is 1. The Morgan fingerprint density at radius 1 is 1.00 bits per heavy atom. The smallest absolute Gasteiger partial charge is 0.265 e. The van der Waals surface area contributed by atoms with E-state index >= 15 is 0 Å². The Balaban J connectivity index is 1.35. The van der Waals surface area contributed by atoms with Crippen molar-refractivity contribution in [2.75, 3.05) is 12.0 Å². The standard InChI is InChI=1S/C31H32BrClN6O2/c1-3-5-6-11-16-39-26-15-10-8-13-23(26)28-30(39)35-31(38-36-28)37-34-19-21-17-24(32)29(27(18-21)40-4-2)41-20-22-12-7-9-14-25(22)33/h7-10,12-15,17-19H,3-6,11,16,20H2,1-2H3,(H,35,37,38)/b34-19+. The summed E-state index contributed by atoms with van der Waals surface area (Å²) in [6.45, 7) is 5.83. The van der Waals surface area contributed by atoms with Gasteiger partial charge in [0.1, 0.15) is 12.1 Å². The quantitative estimate of drug-likeness (QED) is 0.0794. The molecule has 2 heterocycles. The molecule has 8 nitrogen and oxygen atoms in total. The minimum absolute atomic E-state index is 0.315. The monoisotopic (exact) mass is 634 g/mol. The first-order chi connectivity index (χ1) is 20.1. The Morgan fingerprint density at radius 3 is 2.66 bits per heavy atom. The second-order valence-corrected chi connectivity index (χ2v) is 10.8. The van der Waals surface area contributed by atoms with Crippen LogP contribution in [-0.2, 0) is 13.2 Å². The van der Waals surface area contributed by atoms with E-state index in [0.717, 1.165) is 50.6 Å². The van der Waals surface area contributed by atoms with Crippen molar-refractivity contribution >= 4 is 61.8 Å². The van der Waals surface area contributed by atoms with Gasteiger partial charge in [0.25, 0.3) is 5.95 Å². The zero-order chi connectivity index (χ0) is 28.6. The van der Waals surface area contributed by atoms with Crippen LogP contribution in [0, 0.1) is 0 Å². The van der Waals surface area contributed by atoms with Gasteiger partial charge in [0.2, 0.25) is 0 Å². The highest BCUT2D eigenvalue weighted by Gasteiger charge is 2.15. The maximum atomic E-state index is 6.30. The molecule has 0 atom stereocenters. The fraction of sp³-hybridized carbons (Fsp3) is 0.290. The molecule has 3 aromatic carbocycles. The lowest BCUT2D eigenvalue weighted by molar-refractivity contribution is 0.267. The number of aromatic nitrogens is 4. The van der Waals surface area contributed by atoms with E-state index in [4.69, 9.17) is 26.1 Å². The van der Waals surface area contributed by atoms with Gasteiger partial charge < -0.3 is 14.0 Å². The maximum Gasteiger partial charge on any atom is 0.265 e. The van der Waals surface area contributed by atoms with E-state index in [0.29, 0.717) is 35.7 Å². The third kappa shape index (κ3) is 6.80. The lowest BCUT2D eigenvalue weighted by atomic mass is 10.2. The van der Waals surface area contributed by atoms with Crippen LogP contribution < -0.4 is 14.9 Å². The van der Waals surface area contributed by atoms with Gasteiger partial charge in [-0.2, -0.15) is 10.1 Å². The van der Waals surface area contributed by atoms with E-state index in [9.17, 15) is 0 Å². The number of nitrogens with one attached hydrogen (secondary N) is 1. The van der Waals surface area contributed by atoms with Gasteiger partial charge in [-0.1, -0.05) is 74.2 Å². The van der Waals surface area contributed by atoms with E-state index in [1.807, 2.05) is 55.5 Å². The van der Waals surface area contributed by atoms with Crippen molar-refractivity contribution in [1.29, 1.82) is 0 Å². The number of ether oxygens (including phenoxy) is 2. The molecule has 0 unspecified atom stereocenters. The summed E-state index contributed by atoms with van der Waals surface area (Å²) in [5.74, 6) is 1.53. The molecule has 0 amide bonds. The van der Waals surface area contributed by atoms with Crippen molar-refractivity contribution in [1.82, 2.24) is 19.7 Å². The second-order valence-electron chi connectivity index (χ2n) is 9.55. The van der Waals surface area contributed by atoms with Gasteiger partial charge in [-0.15, -0.1) is 10.2 Å². The summed E-state index contributed by atoms with van der Waals surface area (Å²) in [5, 5.41) is 14.9. The van der Waals surface area contributed by atoms with Crippen molar-refractivity contribution in [2.45, 2.75) is 52.7 Å². The molecule has 0 aliphatic heterocycles. The summed E-state index contributed by atoms with van der Waals surface area (Å²) in [6, 6.07) is 19.6. The number of unbranched alkanes of at least 4 members (excludes halogenated alkanes) is 3. The first kappa shape index (κ1) is 28.8. The van der Waals surface area contributed by atoms with Gasteiger partial charge in [0, 0.05) is 22.5 Å². The second kappa shape index (κ2) is 13.8. The number of hydrazone groups is 1. The van der Waals surface area contributed by atoms with Crippen molar-refractivity contribution in [2.24, 2.45) is 5.10 Å². The molecule has 0 aliphatic rings. The first-order valence-electron chi connectivity index (χ1n) is 13.8. The molecule has 2 aromatic heterocycles. The number of aryl methyl sites for hydroxylation is 1. The van der Waals surface area contributed by atoms with Crippen LogP contribution in [-0.4, -0.2) is 32.6 Å². The van der Waals surface area contributed by atoms with Crippen LogP contribution in [0.3, 0.4) is 0 Å². The molecular weight excluding hydrogens is 604 g/mol. The number of hydrogen-bond donors (Lipinski definition) is 1. The van der Waals surface area contributed by atoms with Crippen LogP contribution in [0.15, 0.2) is 70.2 Å². The molecule has 0 saturated carbocycles. The van der Waals surface area contributed by atoms with E-state index < -0.39 is 0 Å². The molecule has 0 spiro atoms. The van der Waals surface area contributed by atoms with Crippen LogP contribution in [0.4, 0.5) is 5.95 Å². The van der Waals surface area contributed by atoms with Crippen molar-refractivity contribution in [3.63, 3.8) is 0 Å². The Hall–Kier alpha value is -3.69. The summed E-state index contributed by atoms with van der Waals surface area (Å²) in [7, 11) is 0. The van der Waals surface area contributed by atoms with Crippen LogP contribution in [0.5, 0.6) is 11.5 Å². The van der Waals surface area contributed by atoms with Crippen LogP contribution >= 0.6 is 27.5 Å². The van der Waals surface area contributed by atoms with Gasteiger partial charge in [-0.3, -0.25) is 0 Å². The summed E-state index contributed by atoms with van der Waals surface area (Å²) in [5.41, 5.74) is 7.35. The highest BCUT2D eigenvalue weighted by molar-refractivity contribution is 9.10. The van der Waals surface area contributed by atoms with Gasteiger partial charge in [0.05, 0.1) is 22.8 Å². The molecular formula is C31H32BrClN6O2. The van der Waals surface area contributed by atoms with Crippen molar-refractivity contribution < 1.29 is 9.47 Å². The minimum atomic E-state index is 0.315. The Morgan fingerprint density at radius 2 is 1.83 bits per heavy atom. The fourth-order valence-electron chi connectivity index (χ4n) is 4.67. The Bertz CT molecular complexity index is 1670. The highest BCUT2D eigenvalue weighted by Crippen LogP contribution is 2.37. The Labute approximate surface area is 252 Å². The lowest BCUT2D eigenvalue weighted by Crippen LogP contribution is -2.04. The molecule has 41 heavy (non-hydrogen) atoms. The number of benzene rings is 3. The topological polar surface area (TPSA) is 86.5 Å². The number of rotatable bonds is 13. The molecule has 0 saturated heterocycles. The van der Waals surface area contributed by atoms with Crippen LogP contribution in [0.1, 0.15) is 50.7 Å². The van der Waals surface area contributed by atoms with Crippen LogP contribution in [0.2, 0.25) is 5.02 Å². The lowest BCUT2D eigenvalue weighted by Gasteiger charge is -2.15. The van der Waals surface area contributed by atoms with E-state index in [1.165, 1.54) is 19.3 Å². The average molecular weight is 636 g/mol. The zero-order valence-electron chi connectivity index (χ0n) is 23.1. The molecule has 5 rings (SSSR count). The number of nitrogens with zero attached hydrogens (tertiary/aromatic N) is 5. The predicted molar refractivity (Wildman–Crippen MR) is 169 cm³/mol. The molecule has 0 fully saturated rings. The van der Waals surface area contributed by atoms with E-state index in [1.54, 1.807) is 6.21 Å². The highest BCUT2D eigenvalue weighted by atomic mass is 79.9. The van der Waals surface area contributed by atoms with Crippen molar-refractivity contribution in [3.8, 4) is 11.5 Å². The van der Waals surface area contributed by atoms with E-state index in [2.05, 4.69) is 60.3 Å². The van der Waals surface area contributed by atoms with Gasteiger partial charge in [0.15, 0.2) is 17.1 Å². The molecule has 1 N–H and O–H groups in total. The van der Waals surface area contributed by atoms with Gasteiger partial charge in [-0.25, -0.2) is 5.43 Å². The average Bonchev–Trinajstić information content (AvgIpc) is 3.29. The Kier molecular flexibility index (Phi) is 9.69. The number of fused-ring (bicyclic) bond motifs is 3. The SMILES string of the molecule is CCCCCCn1c2ccccc2c2nnc(N/N=C/c3cc(Br)c(OCc4ccccc4Cl)c(OCC)c3)nc21. The predicted octanol–water partition coefficient (Wildman–Crippen LogP) is 8.40. The largest absolute Gasteiger partial charge is 0.490 e. The number of hydrogen-bond acceptors (Lipinski definition) is 7.